The largest absolute Gasteiger partial charge is 0.378 e. The SMILES string of the molecule is C[C@H]1CNCCN1C(=O)c1cncc(-c2ccc(N(C)C)cc2)c1. The van der Waals surface area contributed by atoms with E-state index in [4.69, 9.17) is 0 Å². The average Bonchev–Trinajstić information content (AvgIpc) is 2.62. The van der Waals surface area contributed by atoms with E-state index in [9.17, 15) is 4.79 Å². The Morgan fingerprint density at radius 1 is 1.21 bits per heavy atom. The molecule has 1 amide bonds. The van der Waals surface area contributed by atoms with Crippen molar-refractivity contribution in [3.8, 4) is 11.1 Å². The first-order valence-corrected chi connectivity index (χ1v) is 8.31. The summed E-state index contributed by atoms with van der Waals surface area (Å²) in [5, 5.41) is 3.31. The van der Waals surface area contributed by atoms with Gasteiger partial charge in [-0.15, -0.1) is 0 Å². The maximum absolute atomic E-state index is 12.8. The minimum Gasteiger partial charge on any atom is -0.378 e. The molecule has 5 heteroatoms. The molecular formula is C19H24N4O. The molecule has 1 fully saturated rings. The van der Waals surface area contributed by atoms with Crippen molar-refractivity contribution in [1.82, 2.24) is 15.2 Å². The van der Waals surface area contributed by atoms with Crippen LogP contribution in [0.3, 0.4) is 0 Å². The minimum absolute atomic E-state index is 0.0586. The van der Waals surface area contributed by atoms with E-state index < -0.39 is 0 Å². The van der Waals surface area contributed by atoms with Gasteiger partial charge < -0.3 is 15.1 Å². The zero-order chi connectivity index (χ0) is 17.1. The van der Waals surface area contributed by atoms with Crippen molar-refractivity contribution < 1.29 is 4.79 Å². The molecule has 0 unspecified atom stereocenters. The van der Waals surface area contributed by atoms with E-state index in [2.05, 4.69) is 46.4 Å². The van der Waals surface area contributed by atoms with Crippen molar-refractivity contribution in [2.75, 3.05) is 38.6 Å². The van der Waals surface area contributed by atoms with Gasteiger partial charge in [-0.25, -0.2) is 0 Å². The van der Waals surface area contributed by atoms with Crippen molar-refractivity contribution in [1.29, 1.82) is 0 Å². The average molecular weight is 324 g/mol. The van der Waals surface area contributed by atoms with Crippen molar-refractivity contribution >= 4 is 11.6 Å². The molecule has 1 aromatic heterocycles. The summed E-state index contributed by atoms with van der Waals surface area (Å²) in [6.45, 7) is 4.49. The summed E-state index contributed by atoms with van der Waals surface area (Å²) in [5.74, 6) is 0.0586. The number of carbonyl (C=O) groups excluding carboxylic acids is 1. The second kappa shape index (κ2) is 7.01. The Hall–Kier alpha value is -2.40. The highest BCUT2D eigenvalue weighted by Gasteiger charge is 2.24. The van der Waals surface area contributed by atoms with Crippen LogP contribution in [0.25, 0.3) is 11.1 Å². The predicted octanol–water partition coefficient (Wildman–Crippen LogP) is 2.25. The fourth-order valence-corrected chi connectivity index (χ4v) is 2.98. The Morgan fingerprint density at radius 3 is 2.62 bits per heavy atom. The first kappa shape index (κ1) is 16.5. The number of nitrogens with one attached hydrogen (secondary N) is 1. The van der Waals surface area contributed by atoms with E-state index in [-0.39, 0.29) is 11.9 Å². The molecule has 3 rings (SSSR count). The molecule has 126 valence electrons. The molecule has 0 spiro atoms. The van der Waals surface area contributed by atoms with Crippen molar-refractivity contribution in [2.24, 2.45) is 0 Å². The van der Waals surface area contributed by atoms with Gasteiger partial charge >= 0.3 is 0 Å². The maximum Gasteiger partial charge on any atom is 0.255 e. The van der Waals surface area contributed by atoms with Crippen LogP contribution in [0.1, 0.15) is 17.3 Å². The number of hydrogen-bond donors (Lipinski definition) is 1. The summed E-state index contributed by atoms with van der Waals surface area (Å²) in [6.07, 6.45) is 3.47. The summed E-state index contributed by atoms with van der Waals surface area (Å²) in [7, 11) is 4.04. The van der Waals surface area contributed by atoms with Crippen molar-refractivity contribution in [3.05, 3.63) is 48.3 Å². The van der Waals surface area contributed by atoms with E-state index >= 15 is 0 Å². The molecule has 2 aromatic rings. The van der Waals surface area contributed by atoms with Gasteiger partial charge in [0, 0.05) is 63.4 Å². The molecule has 1 aliphatic heterocycles. The molecule has 1 aromatic carbocycles. The van der Waals surface area contributed by atoms with E-state index in [1.807, 2.05) is 31.3 Å². The Balaban J connectivity index is 1.84. The van der Waals surface area contributed by atoms with Crippen LogP contribution in [0, 0.1) is 0 Å². The van der Waals surface area contributed by atoms with Crippen LogP contribution < -0.4 is 10.2 Å². The standard InChI is InChI=1S/C19H24N4O/c1-14-11-20-8-9-23(14)19(24)17-10-16(12-21-13-17)15-4-6-18(7-5-15)22(2)3/h4-7,10,12-14,20H,8-9,11H2,1-3H3/t14-/m0/s1. The van der Waals surface area contributed by atoms with Crippen LogP contribution in [0.2, 0.25) is 0 Å². The van der Waals surface area contributed by atoms with Crippen LogP contribution in [0.15, 0.2) is 42.7 Å². The predicted molar refractivity (Wildman–Crippen MR) is 97.4 cm³/mol. The highest BCUT2D eigenvalue weighted by Crippen LogP contribution is 2.23. The number of hydrogen-bond acceptors (Lipinski definition) is 4. The third kappa shape index (κ3) is 3.41. The van der Waals surface area contributed by atoms with Crippen LogP contribution in [0.4, 0.5) is 5.69 Å². The van der Waals surface area contributed by atoms with E-state index in [0.29, 0.717) is 5.56 Å². The first-order valence-electron chi connectivity index (χ1n) is 8.31. The lowest BCUT2D eigenvalue weighted by Crippen LogP contribution is -2.52. The highest BCUT2D eigenvalue weighted by molar-refractivity contribution is 5.95. The topological polar surface area (TPSA) is 48.5 Å². The summed E-state index contributed by atoms with van der Waals surface area (Å²) >= 11 is 0. The lowest BCUT2D eigenvalue weighted by atomic mass is 10.0. The number of rotatable bonds is 3. The van der Waals surface area contributed by atoms with Crippen LogP contribution in [0.5, 0.6) is 0 Å². The molecule has 0 aliphatic carbocycles. The smallest absolute Gasteiger partial charge is 0.255 e. The molecule has 0 saturated carbocycles. The van der Waals surface area contributed by atoms with E-state index in [1.54, 1.807) is 6.20 Å². The number of pyridine rings is 1. The second-order valence-corrected chi connectivity index (χ2v) is 6.46. The Morgan fingerprint density at radius 2 is 1.96 bits per heavy atom. The number of piperazine rings is 1. The van der Waals surface area contributed by atoms with Gasteiger partial charge in [-0.05, 0) is 30.7 Å². The van der Waals surface area contributed by atoms with Gasteiger partial charge in [0.25, 0.3) is 5.91 Å². The maximum atomic E-state index is 12.8. The van der Waals surface area contributed by atoms with Gasteiger partial charge in [-0.1, -0.05) is 12.1 Å². The van der Waals surface area contributed by atoms with E-state index in [1.165, 1.54) is 0 Å². The zero-order valence-electron chi connectivity index (χ0n) is 14.5. The monoisotopic (exact) mass is 324 g/mol. The first-order chi connectivity index (χ1) is 11.6. The van der Waals surface area contributed by atoms with Gasteiger partial charge in [0.05, 0.1) is 5.56 Å². The molecule has 24 heavy (non-hydrogen) atoms. The quantitative estimate of drug-likeness (QED) is 0.941. The Bertz CT molecular complexity index is 712. The van der Waals surface area contributed by atoms with E-state index in [0.717, 1.165) is 36.4 Å². The fourth-order valence-electron chi connectivity index (χ4n) is 2.98. The lowest BCUT2D eigenvalue weighted by molar-refractivity contribution is 0.0655. The number of carbonyl (C=O) groups is 1. The number of nitrogens with zero attached hydrogens (tertiary/aromatic N) is 3. The van der Waals surface area contributed by atoms with Gasteiger partial charge in [0.1, 0.15) is 0 Å². The van der Waals surface area contributed by atoms with Crippen LogP contribution in [-0.2, 0) is 0 Å². The molecule has 0 bridgehead atoms. The summed E-state index contributed by atoms with van der Waals surface area (Å²) in [4.78, 5) is 21.1. The van der Waals surface area contributed by atoms with Gasteiger partial charge in [0.15, 0.2) is 0 Å². The zero-order valence-corrected chi connectivity index (χ0v) is 14.5. The molecule has 2 heterocycles. The third-order valence-corrected chi connectivity index (χ3v) is 4.46. The summed E-state index contributed by atoms with van der Waals surface area (Å²) in [5.41, 5.74) is 3.83. The minimum atomic E-state index is 0.0586. The third-order valence-electron chi connectivity index (χ3n) is 4.46. The normalized spacial score (nSPS) is 17.6. The number of amides is 1. The second-order valence-electron chi connectivity index (χ2n) is 6.46. The molecule has 1 aliphatic rings. The molecular weight excluding hydrogens is 300 g/mol. The summed E-state index contributed by atoms with van der Waals surface area (Å²) in [6, 6.07) is 10.4. The number of anilines is 1. The summed E-state index contributed by atoms with van der Waals surface area (Å²) < 4.78 is 0. The van der Waals surface area contributed by atoms with Crippen molar-refractivity contribution in [3.63, 3.8) is 0 Å². The van der Waals surface area contributed by atoms with Crippen LogP contribution in [-0.4, -0.2) is 55.6 Å². The number of aromatic nitrogens is 1. The molecule has 5 nitrogen and oxygen atoms in total. The van der Waals surface area contributed by atoms with Gasteiger partial charge in [0.2, 0.25) is 0 Å². The molecule has 1 atom stereocenters. The highest BCUT2D eigenvalue weighted by atomic mass is 16.2. The molecule has 1 N–H and O–H groups in total. The van der Waals surface area contributed by atoms with Gasteiger partial charge in [-0.3, -0.25) is 9.78 Å². The molecule has 1 saturated heterocycles. The van der Waals surface area contributed by atoms with Gasteiger partial charge in [-0.2, -0.15) is 0 Å². The Kier molecular flexibility index (Phi) is 4.81. The Labute approximate surface area is 143 Å². The fraction of sp³-hybridized carbons (Fsp3) is 0.368. The lowest BCUT2D eigenvalue weighted by Gasteiger charge is -2.34. The van der Waals surface area contributed by atoms with Crippen molar-refractivity contribution in [2.45, 2.75) is 13.0 Å². The molecule has 0 radical (unpaired) electrons. The number of benzene rings is 1. The van der Waals surface area contributed by atoms with Crippen LogP contribution >= 0.6 is 0 Å².